The number of pyridine rings is 1. The van der Waals surface area contributed by atoms with Crippen LogP contribution in [0.1, 0.15) is 0 Å². The molecule has 0 radical (unpaired) electrons. The number of anilines is 1. The number of aromatic nitrogens is 5. The second-order valence-corrected chi connectivity index (χ2v) is 5.91. The number of hydrogen-bond donors (Lipinski definition) is 3. The molecule has 0 spiro atoms. The molecule has 1 aliphatic heterocycles. The van der Waals surface area contributed by atoms with Crippen LogP contribution in [0.25, 0.3) is 22.6 Å². The first-order valence-electron chi connectivity index (χ1n) is 7.72. The number of fused-ring (bicyclic) bond motifs is 1. The highest BCUT2D eigenvalue weighted by atomic mass is 16.2. The van der Waals surface area contributed by atoms with Gasteiger partial charge in [-0.3, -0.25) is 14.8 Å². The highest BCUT2D eigenvalue weighted by Gasteiger charge is 2.16. The lowest BCUT2D eigenvalue weighted by Crippen LogP contribution is -2.44. The van der Waals surface area contributed by atoms with E-state index >= 15 is 0 Å². The van der Waals surface area contributed by atoms with Crippen molar-refractivity contribution in [3.63, 3.8) is 0 Å². The van der Waals surface area contributed by atoms with E-state index in [1.807, 2.05) is 12.1 Å². The van der Waals surface area contributed by atoms with E-state index in [9.17, 15) is 9.59 Å². The van der Waals surface area contributed by atoms with E-state index in [0.717, 1.165) is 37.6 Å². The lowest BCUT2D eigenvalue weighted by Gasteiger charge is -2.33. The van der Waals surface area contributed by atoms with Crippen LogP contribution >= 0.6 is 0 Å². The van der Waals surface area contributed by atoms with Crippen molar-refractivity contribution < 1.29 is 0 Å². The molecule has 3 N–H and O–H groups in total. The Kier molecular flexibility index (Phi) is 3.42. The third kappa shape index (κ3) is 2.58. The Morgan fingerprint density at radius 1 is 1.04 bits per heavy atom. The van der Waals surface area contributed by atoms with Gasteiger partial charge in [-0.05, 0) is 19.2 Å². The van der Waals surface area contributed by atoms with Crippen LogP contribution in [0.4, 0.5) is 5.82 Å². The lowest BCUT2D eigenvalue weighted by molar-refractivity contribution is 0.312. The molecule has 3 aromatic rings. The van der Waals surface area contributed by atoms with Gasteiger partial charge in [-0.2, -0.15) is 0 Å². The van der Waals surface area contributed by atoms with Crippen LogP contribution in [0.3, 0.4) is 0 Å². The number of hydrogen-bond acceptors (Lipinski definition) is 6. The summed E-state index contributed by atoms with van der Waals surface area (Å²) < 4.78 is 0. The first kappa shape index (κ1) is 14.6. The predicted molar refractivity (Wildman–Crippen MR) is 90.3 cm³/mol. The molecule has 24 heavy (non-hydrogen) atoms. The third-order valence-electron chi connectivity index (χ3n) is 4.24. The molecular formula is C15H17N7O2. The molecule has 1 saturated heterocycles. The largest absolute Gasteiger partial charge is 0.354 e. The Bertz CT molecular complexity index is 977. The monoisotopic (exact) mass is 327 g/mol. The van der Waals surface area contributed by atoms with Gasteiger partial charge in [-0.15, -0.1) is 0 Å². The molecule has 0 unspecified atom stereocenters. The summed E-state index contributed by atoms with van der Waals surface area (Å²) >= 11 is 0. The van der Waals surface area contributed by atoms with Crippen molar-refractivity contribution in [2.45, 2.75) is 0 Å². The molecule has 1 fully saturated rings. The van der Waals surface area contributed by atoms with E-state index in [1.54, 1.807) is 6.20 Å². The van der Waals surface area contributed by atoms with Crippen LogP contribution in [0.15, 0.2) is 27.9 Å². The molecule has 9 heteroatoms. The van der Waals surface area contributed by atoms with Crippen molar-refractivity contribution in [2.75, 3.05) is 38.1 Å². The number of aromatic amines is 3. The predicted octanol–water partition coefficient (Wildman–Crippen LogP) is -0.247. The zero-order chi connectivity index (χ0) is 16.7. The number of nitrogens with zero attached hydrogens (tertiary/aromatic N) is 4. The molecule has 1 aliphatic rings. The van der Waals surface area contributed by atoms with Gasteiger partial charge in [-0.25, -0.2) is 14.8 Å². The minimum atomic E-state index is -0.575. The normalized spacial score (nSPS) is 16.0. The Hall–Kier alpha value is -2.94. The van der Waals surface area contributed by atoms with E-state index in [-0.39, 0.29) is 11.2 Å². The maximum Gasteiger partial charge on any atom is 0.327 e. The van der Waals surface area contributed by atoms with Gasteiger partial charge in [0.1, 0.15) is 17.2 Å². The number of piperazine rings is 1. The van der Waals surface area contributed by atoms with Crippen molar-refractivity contribution in [3.8, 4) is 11.4 Å². The van der Waals surface area contributed by atoms with Crippen molar-refractivity contribution in [1.29, 1.82) is 0 Å². The summed E-state index contributed by atoms with van der Waals surface area (Å²) in [5.74, 6) is 1.42. The molecule has 9 nitrogen and oxygen atoms in total. The summed E-state index contributed by atoms with van der Waals surface area (Å²) in [7, 11) is 2.11. The van der Waals surface area contributed by atoms with Crippen LogP contribution in [-0.2, 0) is 0 Å². The molecule has 4 heterocycles. The summed E-state index contributed by atoms with van der Waals surface area (Å²) in [5.41, 5.74) is 0.169. The number of H-pyrrole nitrogens is 3. The van der Waals surface area contributed by atoms with E-state index in [1.165, 1.54) is 0 Å². The standard InChI is InChI=1S/C15H17N7O2/c1-21-4-6-22(7-5-21)10-3-2-9(8-16-10)12-17-11-13(18-12)19-15(24)20-14(11)23/h2-3,8H,4-7H2,1H3,(H3,17,18,19,20,23,24). The SMILES string of the molecule is CN1CCN(c2ccc(-c3nc4[nH]c(=O)[nH]c(=O)c4[nH]3)cn2)CC1. The van der Waals surface area contributed by atoms with Crippen LogP contribution < -0.4 is 16.1 Å². The van der Waals surface area contributed by atoms with Gasteiger partial charge in [0.15, 0.2) is 5.65 Å². The minimum absolute atomic E-state index is 0.238. The fourth-order valence-electron chi connectivity index (χ4n) is 2.82. The Labute approximate surface area is 136 Å². The summed E-state index contributed by atoms with van der Waals surface area (Å²) in [6.07, 6.45) is 1.72. The van der Waals surface area contributed by atoms with Crippen LogP contribution in [-0.4, -0.2) is 63.0 Å². The Morgan fingerprint density at radius 2 is 1.83 bits per heavy atom. The molecular weight excluding hydrogens is 310 g/mol. The quantitative estimate of drug-likeness (QED) is 0.598. The Balaban J connectivity index is 1.64. The van der Waals surface area contributed by atoms with Gasteiger partial charge in [0.05, 0.1) is 0 Å². The molecule has 0 aliphatic carbocycles. The molecule has 0 saturated carbocycles. The number of nitrogens with one attached hydrogen (secondary N) is 3. The second-order valence-electron chi connectivity index (χ2n) is 5.91. The minimum Gasteiger partial charge on any atom is -0.354 e. The molecule has 0 atom stereocenters. The molecule has 0 aromatic carbocycles. The van der Waals surface area contributed by atoms with Gasteiger partial charge >= 0.3 is 5.69 Å². The van der Waals surface area contributed by atoms with E-state index in [2.05, 4.69) is 41.8 Å². The maximum absolute atomic E-state index is 11.8. The fraction of sp³-hybridized carbons (Fsp3) is 0.333. The highest BCUT2D eigenvalue weighted by molar-refractivity contribution is 5.74. The van der Waals surface area contributed by atoms with Crippen LogP contribution in [0.5, 0.6) is 0 Å². The average Bonchev–Trinajstić information content (AvgIpc) is 3.00. The van der Waals surface area contributed by atoms with Gasteiger partial charge in [-0.1, -0.05) is 0 Å². The molecule has 3 aromatic heterocycles. The zero-order valence-corrected chi connectivity index (χ0v) is 13.2. The van der Waals surface area contributed by atoms with Crippen molar-refractivity contribution in [1.82, 2.24) is 29.8 Å². The summed E-state index contributed by atoms with van der Waals surface area (Å²) in [6, 6.07) is 3.85. The zero-order valence-electron chi connectivity index (χ0n) is 13.2. The molecule has 0 amide bonds. The third-order valence-corrected chi connectivity index (χ3v) is 4.24. The average molecular weight is 327 g/mol. The summed E-state index contributed by atoms with van der Waals surface area (Å²) in [6.45, 7) is 3.93. The summed E-state index contributed by atoms with van der Waals surface area (Å²) in [5, 5.41) is 0. The highest BCUT2D eigenvalue weighted by Crippen LogP contribution is 2.20. The topological polar surface area (TPSA) is 114 Å². The molecule has 124 valence electrons. The lowest BCUT2D eigenvalue weighted by atomic mass is 10.2. The molecule has 0 bridgehead atoms. The Morgan fingerprint density at radius 3 is 2.54 bits per heavy atom. The smallest absolute Gasteiger partial charge is 0.327 e. The first-order chi connectivity index (χ1) is 11.6. The van der Waals surface area contributed by atoms with Gasteiger partial charge in [0.2, 0.25) is 0 Å². The number of imidazole rings is 1. The first-order valence-corrected chi connectivity index (χ1v) is 7.72. The number of likely N-dealkylation sites (N-methyl/N-ethyl adjacent to an activating group) is 1. The van der Waals surface area contributed by atoms with Crippen LogP contribution in [0, 0.1) is 0 Å². The molecule has 4 rings (SSSR count). The fourth-order valence-corrected chi connectivity index (χ4v) is 2.82. The van der Waals surface area contributed by atoms with E-state index in [0.29, 0.717) is 5.82 Å². The van der Waals surface area contributed by atoms with Crippen molar-refractivity contribution >= 4 is 17.0 Å². The summed E-state index contributed by atoms with van der Waals surface area (Å²) in [4.78, 5) is 44.0. The number of rotatable bonds is 2. The second kappa shape index (κ2) is 5.60. The van der Waals surface area contributed by atoms with Gasteiger partial charge < -0.3 is 14.8 Å². The van der Waals surface area contributed by atoms with Gasteiger partial charge in [0, 0.05) is 37.9 Å². The maximum atomic E-state index is 11.8. The van der Waals surface area contributed by atoms with E-state index < -0.39 is 11.2 Å². The van der Waals surface area contributed by atoms with Crippen LogP contribution in [0.2, 0.25) is 0 Å². The van der Waals surface area contributed by atoms with Gasteiger partial charge in [0.25, 0.3) is 5.56 Å². The van der Waals surface area contributed by atoms with Crippen molar-refractivity contribution in [2.24, 2.45) is 0 Å². The van der Waals surface area contributed by atoms with E-state index in [4.69, 9.17) is 0 Å². The van der Waals surface area contributed by atoms with Crippen molar-refractivity contribution in [3.05, 3.63) is 39.2 Å².